The van der Waals surface area contributed by atoms with Gasteiger partial charge < -0.3 is 15.5 Å². The lowest BCUT2D eigenvalue weighted by Crippen LogP contribution is -2.54. The smallest absolute Gasteiger partial charge is 0.248 e. The SMILES string of the molecule is CCN(C)Cc1cccc(CNC(=O)C2(n3cccn3)CCNCC2)c1. The molecule has 1 fully saturated rings. The molecule has 1 aromatic heterocycles. The van der Waals surface area contributed by atoms with Gasteiger partial charge in [-0.3, -0.25) is 9.48 Å². The Hall–Kier alpha value is -2.18. The van der Waals surface area contributed by atoms with E-state index >= 15 is 0 Å². The van der Waals surface area contributed by atoms with E-state index in [1.807, 2.05) is 16.9 Å². The molecule has 0 spiro atoms. The van der Waals surface area contributed by atoms with Crippen LogP contribution < -0.4 is 10.6 Å². The number of amides is 1. The fourth-order valence-corrected chi connectivity index (χ4v) is 3.53. The van der Waals surface area contributed by atoms with Gasteiger partial charge in [0.25, 0.3) is 0 Å². The zero-order chi connectivity index (χ0) is 18.4. The Morgan fingerprint density at radius 1 is 1.31 bits per heavy atom. The fraction of sp³-hybridized carbons (Fsp3) is 0.500. The molecule has 140 valence electrons. The molecule has 6 nitrogen and oxygen atoms in total. The summed E-state index contributed by atoms with van der Waals surface area (Å²) in [5.41, 5.74) is 1.81. The molecular weight excluding hydrogens is 326 g/mol. The maximum absolute atomic E-state index is 13.1. The van der Waals surface area contributed by atoms with Crippen LogP contribution in [0, 0.1) is 0 Å². The number of carbonyl (C=O) groups excluding carboxylic acids is 1. The molecule has 2 aromatic rings. The normalized spacial score (nSPS) is 16.6. The minimum atomic E-state index is -0.589. The molecule has 0 aliphatic carbocycles. The van der Waals surface area contributed by atoms with Crippen molar-refractivity contribution in [3.05, 3.63) is 53.9 Å². The number of hydrogen-bond donors (Lipinski definition) is 2. The highest BCUT2D eigenvalue weighted by Crippen LogP contribution is 2.27. The van der Waals surface area contributed by atoms with E-state index < -0.39 is 5.54 Å². The van der Waals surface area contributed by atoms with Crippen molar-refractivity contribution in [3.8, 4) is 0 Å². The van der Waals surface area contributed by atoms with E-state index in [0.29, 0.717) is 6.54 Å². The second-order valence-electron chi connectivity index (χ2n) is 7.07. The van der Waals surface area contributed by atoms with Gasteiger partial charge >= 0.3 is 0 Å². The largest absolute Gasteiger partial charge is 0.350 e. The average Bonchev–Trinajstić information content (AvgIpc) is 3.22. The predicted octanol–water partition coefficient (Wildman–Crippen LogP) is 1.73. The molecule has 0 unspecified atom stereocenters. The first-order valence-electron chi connectivity index (χ1n) is 9.39. The van der Waals surface area contributed by atoms with Crippen LogP contribution in [-0.4, -0.2) is 47.3 Å². The van der Waals surface area contributed by atoms with Gasteiger partial charge in [0.2, 0.25) is 5.91 Å². The maximum Gasteiger partial charge on any atom is 0.248 e. The number of aromatic nitrogens is 2. The summed E-state index contributed by atoms with van der Waals surface area (Å²) >= 11 is 0. The fourth-order valence-electron chi connectivity index (χ4n) is 3.53. The van der Waals surface area contributed by atoms with E-state index in [1.54, 1.807) is 6.20 Å². The second kappa shape index (κ2) is 8.47. The van der Waals surface area contributed by atoms with Crippen LogP contribution in [0.2, 0.25) is 0 Å². The number of benzene rings is 1. The molecular formula is C20H29N5O. The number of rotatable bonds is 7. The molecule has 26 heavy (non-hydrogen) atoms. The van der Waals surface area contributed by atoms with E-state index in [9.17, 15) is 4.79 Å². The maximum atomic E-state index is 13.1. The van der Waals surface area contributed by atoms with Gasteiger partial charge in [-0.15, -0.1) is 0 Å². The molecule has 2 heterocycles. The van der Waals surface area contributed by atoms with Crippen molar-refractivity contribution in [3.63, 3.8) is 0 Å². The van der Waals surface area contributed by atoms with E-state index in [1.165, 1.54) is 5.56 Å². The second-order valence-corrected chi connectivity index (χ2v) is 7.07. The Morgan fingerprint density at radius 2 is 2.08 bits per heavy atom. The average molecular weight is 355 g/mol. The minimum absolute atomic E-state index is 0.0544. The van der Waals surface area contributed by atoms with E-state index in [-0.39, 0.29) is 5.91 Å². The van der Waals surface area contributed by atoms with Crippen LogP contribution in [0.4, 0.5) is 0 Å². The Balaban J connectivity index is 1.68. The van der Waals surface area contributed by atoms with Gasteiger partial charge in [0.1, 0.15) is 5.54 Å². The van der Waals surface area contributed by atoms with Crippen molar-refractivity contribution in [2.75, 3.05) is 26.7 Å². The van der Waals surface area contributed by atoms with E-state index in [2.05, 4.69) is 58.9 Å². The molecule has 1 aliphatic rings. The van der Waals surface area contributed by atoms with E-state index in [0.717, 1.165) is 44.6 Å². The number of nitrogens with zero attached hydrogens (tertiary/aromatic N) is 3. The first kappa shape index (κ1) is 18.6. The number of hydrogen-bond acceptors (Lipinski definition) is 4. The van der Waals surface area contributed by atoms with Crippen LogP contribution in [0.5, 0.6) is 0 Å². The third-order valence-corrected chi connectivity index (χ3v) is 5.23. The molecule has 0 saturated carbocycles. The van der Waals surface area contributed by atoms with Crippen molar-refractivity contribution in [1.29, 1.82) is 0 Å². The highest BCUT2D eigenvalue weighted by molar-refractivity contribution is 5.84. The molecule has 1 saturated heterocycles. The standard InChI is InChI=1S/C20H29N5O/c1-3-24(2)16-18-7-4-6-17(14-18)15-22-19(26)20(8-11-21-12-9-20)25-13-5-10-23-25/h4-7,10,13-14,21H,3,8-9,11-12,15-16H2,1-2H3,(H,22,26). The van der Waals surface area contributed by atoms with Crippen molar-refractivity contribution in [2.45, 2.75) is 38.4 Å². The molecule has 3 rings (SSSR count). The molecule has 0 atom stereocenters. The van der Waals surface area contributed by atoms with Crippen molar-refractivity contribution in [1.82, 2.24) is 25.3 Å². The summed E-state index contributed by atoms with van der Waals surface area (Å²) in [7, 11) is 2.11. The molecule has 0 bridgehead atoms. The molecule has 1 amide bonds. The van der Waals surface area contributed by atoms with Crippen molar-refractivity contribution in [2.24, 2.45) is 0 Å². The Labute approximate surface area is 155 Å². The van der Waals surface area contributed by atoms with Gasteiger partial charge in [0, 0.05) is 25.5 Å². The van der Waals surface area contributed by atoms with Gasteiger partial charge in [-0.05, 0) is 56.7 Å². The lowest BCUT2D eigenvalue weighted by atomic mass is 9.87. The molecule has 1 aromatic carbocycles. The topological polar surface area (TPSA) is 62.2 Å². The van der Waals surface area contributed by atoms with Gasteiger partial charge in [0.15, 0.2) is 0 Å². The summed E-state index contributed by atoms with van der Waals surface area (Å²) < 4.78 is 1.83. The lowest BCUT2D eigenvalue weighted by molar-refractivity contribution is -0.132. The summed E-state index contributed by atoms with van der Waals surface area (Å²) in [6.45, 7) is 6.28. The van der Waals surface area contributed by atoms with Gasteiger partial charge in [-0.1, -0.05) is 31.2 Å². The zero-order valence-electron chi connectivity index (χ0n) is 15.7. The first-order valence-corrected chi connectivity index (χ1v) is 9.39. The molecule has 6 heteroatoms. The number of nitrogens with one attached hydrogen (secondary N) is 2. The zero-order valence-corrected chi connectivity index (χ0v) is 15.7. The minimum Gasteiger partial charge on any atom is -0.350 e. The summed E-state index contributed by atoms with van der Waals surface area (Å²) in [6.07, 6.45) is 5.14. The first-order chi connectivity index (χ1) is 12.6. The summed E-state index contributed by atoms with van der Waals surface area (Å²) in [5.74, 6) is 0.0544. The Kier molecular flexibility index (Phi) is 6.06. The van der Waals surface area contributed by atoms with Crippen LogP contribution in [0.15, 0.2) is 42.7 Å². The molecule has 1 aliphatic heterocycles. The van der Waals surface area contributed by atoms with Gasteiger partial charge in [-0.2, -0.15) is 5.10 Å². The highest BCUT2D eigenvalue weighted by atomic mass is 16.2. The summed E-state index contributed by atoms with van der Waals surface area (Å²) in [6, 6.07) is 10.3. The third kappa shape index (κ3) is 4.14. The monoisotopic (exact) mass is 355 g/mol. The van der Waals surface area contributed by atoms with E-state index in [4.69, 9.17) is 0 Å². The summed E-state index contributed by atoms with van der Waals surface area (Å²) in [4.78, 5) is 15.4. The number of piperidine rings is 1. The lowest BCUT2D eigenvalue weighted by Gasteiger charge is -2.36. The molecule has 2 N–H and O–H groups in total. The number of carbonyl (C=O) groups is 1. The van der Waals surface area contributed by atoms with Crippen molar-refractivity contribution >= 4 is 5.91 Å². The summed E-state index contributed by atoms with van der Waals surface area (Å²) in [5, 5.41) is 10.9. The third-order valence-electron chi connectivity index (χ3n) is 5.23. The van der Waals surface area contributed by atoms with Gasteiger partial charge in [0.05, 0.1) is 0 Å². The van der Waals surface area contributed by atoms with Crippen LogP contribution in [0.1, 0.15) is 30.9 Å². The van der Waals surface area contributed by atoms with Gasteiger partial charge in [-0.25, -0.2) is 0 Å². The van der Waals surface area contributed by atoms with Crippen molar-refractivity contribution < 1.29 is 4.79 Å². The Bertz CT molecular complexity index is 707. The molecule has 0 radical (unpaired) electrons. The van der Waals surface area contributed by atoms with Crippen LogP contribution in [0.3, 0.4) is 0 Å². The quantitative estimate of drug-likeness (QED) is 0.794. The van der Waals surface area contributed by atoms with Crippen LogP contribution >= 0.6 is 0 Å². The van der Waals surface area contributed by atoms with Crippen LogP contribution in [-0.2, 0) is 23.4 Å². The predicted molar refractivity (Wildman–Crippen MR) is 103 cm³/mol. The van der Waals surface area contributed by atoms with Crippen LogP contribution in [0.25, 0.3) is 0 Å². The highest BCUT2D eigenvalue weighted by Gasteiger charge is 2.41. The Morgan fingerprint density at radius 3 is 2.77 bits per heavy atom.